The Hall–Kier alpha value is -1.30. The number of urea groups is 1. The Morgan fingerprint density at radius 2 is 1.88 bits per heavy atom. The average molecular weight is 242 g/mol. The minimum absolute atomic E-state index is 0.0136. The Balaban J connectivity index is 1.87. The van der Waals surface area contributed by atoms with Crippen molar-refractivity contribution in [1.29, 1.82) is 0 Å². The molecule has 6 nitrogen and oxygen atoms in total. The van der Waals surface area contributed by atoms with Crippen LogP contribution in [-0.2, 0) is 14.3 Å². The fraction of sp³-hybridized carbons (Fsp3) is 0.818. The third-order valence-corrected chi connectivity index (χ3v) is 3.27. The molecule has 0 spiro atoms. The normalized spacial score (nSPS) is 24.9. The highest BCUT2D eigenvalue weighted by atomic mass is 16.5. The number of carbonyl (C=O) groups excluding carboxylic acids is 2. The van der Waals surface area contributed by atoms with Crippen LogP contribution in [0.1, 0.15) is 6.42 Å². The summed E-state index contributed by atoms with van der Waals surface area (Å²) in [6, 6.07) is 0.0136. The number of rotatable bonds is 1. The van der Waals surface area contributed by atoms with Gasteiger partial charge < -0.3 is 19.3 Å². The quantitative estimate of drug-likeness (QED) is 0.604. The lowest BCUT2D eigenvalue weighted by Gasteiger charge is -2.30. The number of nitrogens with zero attached hydrogens (tertiary/aromatic N) is 2. The number of carbonyl (C=O) groups is 2. The lowest BCUT2D eigenvalue weighted by Crippen LogP contribution is -2.47. The van der Waals surface area contributed by atoms with Gasteiger partial charge in [0, 0.05) is 26.2 Å². The summed E-state index contributed by atoms with van der Waals surface area (Å²) in [5, 5.41) is 0. The van der Waals surface area contributed by atoms with Crippen LogP contribution >= 0.6 is 0 Å². The minimum Gasteiger partial charge on any atom is -0.469 e. The van der Waals surface area contributed by atoms with Gasteiger partial charge in [0.15, 0.2) is 0 Å². The first-order valence-corrected chi connectivity index (χ1v) is 5.92. The number of morpholine rings is 1. The fourth-order valence-electron chi connectivity index (χ4n) is 2.25. The summed E-state index contributed by atoms with van der Waals surface area (Å²) in [7, 11) is 1.38. The van der Waals surface area contributed by atoms with Crippen molar-refractivity contribution in [3.05, 3.63) is 0 Å². The fourth-order valence-corrected chi connectivity index (χ4v) is 2.25. The summed E-state index contributed by atoms with van der Waals surface area (Å²) in [5.41, 5.74) is 0. The van der Waals surface area contributed by atoms with Gasteiger partial charge in [-0.2, -0.15) is 0 Å². The van der Waals surface area contributed by atoms with Crippen molar-refractivity contribution in [3.63, 3.8) is 0 Å². The molecule has 2 amide bonds. The van der Waals surface area contributed by atoms with Gasteiger partial charge >= 0.3 is 12.0 Å². The second kappa shape index (κ2) is 5.35. The van der Waals surface area contributed by atoms with Crippen LogP contribution < -0.4 is 0 Å². The monoisotopic (exact) mass is 242 g/mol. The van der Waals surface area contributed by atoms with Gasteiger partial charge in [0.05, 0.1) is 26.2 Å². The Labute approximate surface area is 100 Å². The summed E-state index contributed by atoms with van der Waals surface area (Å²) in [6.07, 6.45) is 0.697. The van der Waals surface area contributed by atoms with Gasteiger partial charge in [0.1, 0.15) is 0 Å². The molecule has 1 unspecified atom stereocenters. The van der Waals surface area contributed by atoms with Crippen LogP contribution in [0.4, 0.5) is 4.79 Å². The predicted molar refractivity (Wildman–Crippen MR) is 59.5 cm³/mol. The molecule has 6 heteroatoms. The molecule has 0 saturated carbocycles. The van der Waals surface area contributed by atoms with E-state index < -0.39 is 0 Å². The maximum absolute atomic E-state index is 12.1. The molecule has 0 aromatic carbocycles. The highest BCUT2D eigenvalue weighted by Gasteiger charge is 2.33. The molecule has 2 fully saturated rings. The van der Waals surface area contributed by atoms with E-state index in [9.17, 15) is 9.59 Å². The predicted octanol–water partition coefficient (Wildman–Crippen LogP) is -0.0665. The van der Waals surface area contributed by atoms with E-state index in [0.29, 0.717) is 45.8 Å². The second-order valence-electron chi connectivity index (χ2n) is 4.34. The smallest absolute Gasteiger partial charge is 0.320 e. The summed E-state index contributed by atoms with van der Waals surface area (Å²) in [5.74, 6) is -0.382. The highest BCUT2D eigenvalue weighted by molar-refractivity contribution is 5.78. The zero-order valence-corrected chi connectivity index (χ0v) is 10.1. The average Bonchev–Trinajstić information content (AvgIpc) is 2.87. The summed E-state index contributed by atoms with van der Waals surface area (Å²) >= 11 is 0. The molecule has 2 aliphatic heterocycles. The van der Waals surface area contributed by atoms with Gasteiger partial charge in [-0.25, -0.2) is 4.79 Å². The molecule has 17 heavy (non-hydrogen) atoms. The van der Waals surface area contributed by atoms with Gasteiger partial charge in [0.25, 0.3) is 0 Å². The molecule has 2 aliphatic rings. The number of esters is 1. The molecule has 1 atom stereocenters. The van der Waals surface area contributed by atoms with Crippen LogP contribution in [0.3, 0.4) is 0 Å². The minimum atomic E-state index is -0.220. The van der Waals surface area contributed by atoms with Gasteiger partial charge in [-0.15, -0.1) is 0 Å². The number of likely N-dealkylation sites (tertiary alicyclic amines) is 1. The molecule has 2 saturated heterocycles. The van der Waals surface area contributed by atoms with Gasteiger partial charge in [-0.05, 0) is 6.42 Å². The Morgan fingerprint density at radius 1 is 1.18 bits per heavy atom. The number of hydrogen-bond acceptors (Lipinski definition) is 4. The third-order valence-electron chi connectivity index (χ3n) is 3.27. The van der Waals surface area contributed by atoms with E-state index in [1.807, 2.05) is 0 Å². The van der Waals surface area contributed by atoms with Crippen LogP contribution in [-0.4, -0.2) is 68.3 Å². The second-order valence-corrected chi connectivity index (χ2v) is 4.34. The van der Waals surface area contributed by atoms with Gasteiger partial charge in [-0.3, -0.25) is 4.79 Å². The zero-order valence-electron chi connectivity index (χ0n) is 10.1. The number of ether oxygens (including phenoxy) is 2. The molecule has 96 valence electrons. The molecular weight excluding hydrogens is 224 g/mol. The zero-order chi connectivity index (χ0) is 12.3. The van der Waals surface area contributed by atoms with E-state index in [-0.39, 0.29) is 17.9 Å². The molecule has 0 bridgehead atoms. The summed E-state index contributed by atoms with van der Waals surface area (Å²) < 4.78 is 9.90. The van der Waals surface area contributed by atoms with Gasteiger partial charge in [0.2, 0.25) is 0 Å². The lowest BCUT2D eigenvalue weighted by molar-refractivity contribution is -0.144. The van der Waals surface area contributed by atoms with E-state index in [1.165, 1.54) is 7.11 Å². The first-order valence-electron chi connectivity index (χ1n) is 5.92. The first kappa shape index (κ1) is 12.2. The van der Waals surface area contributed by atoms with Crippen molar-refractivity contribution >= 4 is 12.0 Å². The molecule has 0 N–H and O–H groups in total. The molecular formula is C11H18N2O4. The van der Waals surface area contributed by atoms with Crippen LogP contribution in [0.5, 0.6) is 0 Å². The van der Waals surface area contributed by atoms with Crippen molar-refractivity contribution in [2.75, 3.05) is 46.5 Å². The standard InChI is InChI=1S/C11H18N2O4/c1-16-10(14)9-2-3-13(8-9)11(15)12-4-6-17-7-5-12/h9H,2-8H2,1H3. The largest absolute Gasteiger partial charge is 0.469 e. The van der Waals surface area contributed by atoms with Crippen molar-refractivity contribution < 1.29 is 19.1 Å². The molecule has 0 radical (unpaired) electrons. The molecule has 0 aromatic heterocycles. The molecule has 0 aromatic rings. The lowest BCUT2D eigenvalue weighted by atomic mass is 10.1. The summed E-state index contributed by atoms with van der Waals surface area (Å²) in [4.78, 5) is 27.0. The first-order chi connectivity index (χ1) is 8.22. The van der Waals surface area contributed by atoms with Crippen LogP contribution in [0.15, 0.2) is 0 Å². The van der Waals surface area contributed by atoms with Crippen LogP contribution in [0, 0.1) is 5.92 Å². The van der Waals surface area contributed by atoms with E-state index >= 15 is 0 Å². The van der Waals surface area contributed by atoms with Crippen molar-refractivity contribution in [3.8, 4) is 0 Å². The maximum atomic E-state index is 12.1. The topological polar surface area (TPSA) is 59.1 Å². The van der Waals surface area contributed by atoms with Crippen molar-refractivity contribution in [2.45, 2.75) is 6.42 Å². The molecule has 0 aliphatic carbocycles. The SMILES string of the molecule is COC(=O)C1CCN(C(=O)N2CCOCC2)C1. The Kier molecular flexibility index (Phi) is 3.83. The van der Waals surface area contributed by atoms with Crippen LogP contribution in [0.25, 0.3) is 0 Å². The third kappa shape index (κ3) is 2.69. The maximum Gasteiger partial charge on any atom is 0.320 e. The van der Waals surface area contributed by atoms with Crippen molar-refractivity contribution in [2.24, 2.45) is 5.92 Å². The Bertz CT molecular complexity index is 302. The number of amides is 2. The Morgan fingerprint density at radius 3 is 2.53 bits per heavy atom. The van der Waals surface area contributed by atoms with E-state index in [4.69, 9.17) is 9.47 Å². The number of hydrogen-bond donors (Lipinski definition) is 0. The van der Waals surface area contributed by atoms with E-state index in [0.717, 1.165) is 0 Å². The van der Waals surface area contributed by atoms with E-state index in [2.05, 4.69) is 0 Å². The highest BCUT2D eigenvalue weighted by Crippen LogP contribution is 2.19. The van der Waals surface area contributed by atoms with Crippen LogP contribution in [0.2, 0.25) is 0 Å². The molecule has 2 rings (SSSR count). The summed E-state index contributed by atoms with van der Waals surface area (Å²) in [6.45, 7) is 3.58. The molecule has 2 heterocycles. The van der Waals surface area contributed by atoms with E-state index in [1.54, 1.807) is 9.80 Å². The van der Waals surface area contributed by atoms with Crippen molar-refractivity contribution in [1.82, 2.24) is 9.80 Å². The van der Waals surface area contributed by atoms with Gasteiger partial charge in [-0.1, -0.05) is 0 Å². The number of methoxy groups -OCH3 is 1.